The first-order valence-corrected chi connectivity index (χ1v) is 15.8. The molecule has 10 nitrogen and oxygen atoms in total. The summed E-state index contributed by atoms with van der Waals surface area (Å²) >= 11 is 12.0. The van der Waals surface area contributed by atoms with Crippen molar-refractivity contribution in [2.45, 2.75) is 13.1 Å². The molecule has 8 rings (SSSR count). The number of carbonyl (C=O) groups excluding carboxylic acids is 1. The molecule has 0 aliphatic rings. The summed E-state index contributed by atoms with van der Waals surface area (Å²) in [6.07, 6.45) is 10.0. The van der Waals surface area contributed by atoms with Crippen molar-refractivity contribution < 1.29 is 19.4 Å². The first-order valence-electron chi connectivity index (χ1n) is 15.0. The van der Waals surface area contributed by atoms with Crippen LogP contribution in [0.15, 0.2) is 110 Å². The molecule has 2 aromatic carbocycles. The van der Waals surface area contributed by atoms with Crippen molar-refractivity contribution in [3.63, 3.8) is 0 Å². The molecule has 0 saturated heterocycles. The molecule has 0 amide bonds. The number of halogens is 2. The lowest BCUT2D eigenvalue weighted by Gasteiger charge is -2.06. The van der Waals surface area contributed by atoms with Crippen LogP contribution in [0.2, 0.25) is 10.0 Å². The smallest absolute Gasteiger partial charge is 0.340 e. The average Bonchev–Trinajstić information content (AvgIpc) is 3.66. The number of hydrogen-bond donors (Lipinski definition) is 1. The van der Waals surface area contributed by atoms with E-state index in [0.29, 0.717) is 39.7 Å². The van der Waals surface area contributed by atoms with Crippen LogP contribution in [0.25, 0.3) is 43.9 Å². The van der Waals surface area contributed by atoms with Gasteiger partial charge in [-0.3, -0.25) is 9.97 Å². The van der Waals surface area contributed by atoms with Crippen molar-refractivity contribution in [2.75, 3.05) is 7.11 Å². The minimum absolute atomic E-state index is 0.253. The van der Waals surface area contributed by atoms with E-state index in [1.165, 1.54) is 7.11 Å². The Labute approximate surface area is 289 Å². The molecule has 49 heavy (non-hydrogen) atoms. The van der Waals surface area contributed by atoms with E-state index in [9.17, 15) is 14.7 Å². The number of ether oxygens (including phenoxy) is 1. The van der Waals surface area contributed by atoms with Crippen molar-refractivity contribution in [3.8, 4) is 0 Å². The van der Waals surface area contributed by atoms with Crippen LogP contribution >= 0.6 is 23.2 Å². The van der Waals surface area contributed by atoms with Crippen molar-refractivity contribution in [1.82, 2.24) is 29.1 Å². The molecule has 12 heteroatoms. The lowest BCUT2D eigenvalue weighted by molar-refractivity contribution is 0.0601. The third kappa shape index (κ3) is 6.52. The van der Waals surface area contributed by atoms with E-state index in [2.05, 4.69) is 19.9 Å². The van der Waals surface area contributed by atoms with E-state index in [4.69, 9.17) is 27.9 Å². The number of aromatic carboxylic acids is 1. The minimum Gasteiger partial charge on any atom is -0.478 e. The molecule has 0 aliphatic heterocycles. The lowest BCUT2D eigenvalue weighted by Crippen LogP contribution is -2.01. The Balaban J connectivity index is 0.000000154. The third-order valence-corrected chi connectivity index (χ3v) is 8.45. The van der Waals surface area contributed by atoms with Crippen molar-refractivity contribution in [1.29, 1.82) is 0 Å². The highest BCUT2D eigenvalue weighted by atomic mass is 35.5. The second-order valence-corrected chi connectivity index (χ2v) is 12.1. The number of carboxylic acid groups (broad SMARTS) is 1. The Morgan fingerprint density at radius 1 is 0.694 bits per heavy atom. The van der Waals surface area contributed by atoms with E-state index in [0.717, 1.165) is 44.0 Å². The number of rotatable bonds is 6. The number of benzene rings is 2. The summed E-state index contributed by atoms with van der Waals surface area (Å²) in [5.41, 5.74) is 6.00. The number of fused-ring (bicyclic) bond motifs is 4. The quantitative estimate of drug-likeness (QED) is 0.174. The summed E-state index contributed by atoms with van der Waals surface area (Å²) in [7, 11) is 1.38. The molecule has 6 heterocycles. The van der Waals surface area contributed by atoms with E-state index < -0.39 is 5.97 Å². The van der Waals surface area contributed by atoms with Crippen molar-refractivity contribution in [2.24, 2.45) is 0 Å². The number of carboxylic acids is 1. The lowest BCUT2D eigenvalue weighted by atomic mass is 10.1. The van der Waals surface area contributed by atoms with Gasteiger partial charge in [-0.1, -0.05) is 35.3 Å². The van der Waals surface area contributed by atoms with Gasteiger partial charge in [0.15, 0.2) is 0 Å². The number of carbonyl (C=O) groups is 2. The molecule has 8 aromatic rings. The van der Waals surface area contributed by atoms with Gasteiger partial charge in [0.2, 0.25) is 0 Å². The highest BCUT2D eigenvalue weighted by molar-refractivity contribution is 6.31. The zero-order chi connectivity index (χ0) is 34.1. The fraction of sp³-hybridized carbons (Fsp3) is 0.0811. The van der Waals surface area contributed by atoms with Gasteiger partial charge < -0.3 is 19.0 Å². The maximum atomic E-state index is 12.0. The number of pyridine rings is 4. The van der Waals surface area contributed by atoms with Crippen molar-refractivity contribution in [3.05, 3.63) is 142 Å². The predicted molar refractivity (Wildman–Crippen MR) is 189 cm³/mol. The minimum atomic E-state index is -0.957. The van der Waals surface area contributed by atoms with Crippen LogP contribution in [0.5, 0.6) is 0 Å². The van der Waals surface area contributed by atoms with Crippen LogP contribution in [0.4, 0.5) is 0 Å². The second kappa shape index (κ2) is 13.3. The van der Waals surface area contributed by atoms with Crippen LogP contribution in [0.3, 0.4) is 0 Å². The molecule has 6 aromatic heterocycles. The van der Waals surface area contributed by atoms with Crippen LogP contribution in [0.1, 0.15) is 31.8 Å². The summed E-state index contributed by atoms with van der Waals surface area (Å²) < 4.78 is 8.67. The molecule has 0 bridgehead atoms. The highest BCUT2D eigenvalue weighted by Crippen LogP contribution is 2.25. The van der Waals surface area contributed by atoms with Gasteiger partial charge in [0, 0.05) is 71.8 Å². The molecule has 0 aliphatic carbocycles. The monoisotopic (exact) mass is 688 g/mol. The largest absolute Gasteiger partial charge is 0.478 e. The molecular formula is C37H26Cl2N6O4. The molecule has 0 unspecified atom stereocenters. The SMILES string of the molecule is COC(=O)c1cn(Cc2ccc3ncc(Cl)cc3c2)c2ncccc12.O=C(O)c1cn(Cc2ccc3ncc(Cl)cc3c2)c2ncccc12. The van der Waals surface area contributed by atoms with Gasteiger partial charge >= 0.3 is 11.9 Å². The summed E-state index contributed by atoms with van der Waals surface area (Å²) in [4.78, 5) is 40.8. The van der Waals surface area contributed by atoms with Crippen LogP contribution in [-0.2, 0) is 17.8 Å². The van der Waals surface area contributed by atoms with Crippen LogP contribution in [-0.4, -0.2) is 53.2 Å². The average molecular weight is 690 g/mol. The van der Waals surface area contributed by atoms with Gasteiger partial charge in [-0.2, -0.15) is 0 Å². The van der Waals surface area contributed by atoms with Gasteiger partial charge in [-0.15, -0.1) is 0 Å². The van der Waals surface area contributed by atoms with Gasteiger partial charge in [0.05, 0.1) is 39.3 Å². The molecule has 0 saturated carbocycles. The number of nitrogens with zero attached hydrogens (tertiary/aromatic N) is 6. The molecule has 0 fully saturated rings. The van der Waals surface area contributed by atoms with E-state index in [-0.39, 0.29) is 11.5 Å². The second-order valence-electron chi connectivity index (χ2n) is 11.2. The highest BCUT2D eigenvalue weighted by Gasteiger charge is 2.17. The Morgan fingerprint density at radius 3 is 1.67 bits per heavy atom. The normalized spacial score (nSPS) is 11.2. The predicted octanol–water partition coefficient (Wildman–Crippen LogP) is 8.06. The fourth-order valence-corrected chi connectivity index (χ4v) is 6.16. The molecule has 0 radical (unpaired) electrons. The summed E-state index contributed by atoms with van der Waals surface area (Å²) in [5, 5.41) is 13.9. The van der Waals surface area contributed by atoms with Crippen molar-refractivity contribution >= 4 is 79.0 Å². The molecule has 242 valence electrons. The van der Waals surface area contributed by atoms with E-state index in [1.807, 2.05) is 69.8 Å². The van der Waals surface area contributed by atoms with Gasteiger partial charge in [-0.05, 0) is 71.8 Å². The Bertz CT molecular complexity index is 2550. The topological polar surface area (TPSA) is 125 Å². The van der Waals surface area contributed by atoms with E-state index in [1.54, 1.807) is 49.3 Å². The Kier molecular flexibility index (Phi) is 8.65. The first-order chi connectivity index (χ1) is 23.8. The number of methoxy groups -OCH3 is 1. The molecule has 0 spiro atoms. The number of hydrogen-bond acceptors (Lipinski definition) is 7. The molecular weight excluding hydrogens is 663 g/mol. The van der Waals surface area contributed by atoms with Crippen LogP contribution < -0.4 is 0 Å². The maximum Gasteiger partial charge on any atom is 0.340 e. The first kappa shape index (κ1) is 31.7. The van der Waals surface area contributed by atoms with Crippen LogP contribution in [0, 0.1) is 0 Å². The summed E-state index contributed by atoms with van der Waals surface area (Å²) in [5.74, 6) is -1.33. The third-order valence-electron chi connectivity index (χ3n) is 8.03. The standard InChI is InChI=1S/C19H14ClN3O2.C18H12ClN3O2/c1-25-19(24)16-11-23(18-15(16)3-2-6-21-18)10-12-4-5-17-13(7-12)8-14(20)9-22-17;19-13-7-12-6-11(3-4-16(12)21-8-13)9-22-10-15(18(23)24)14-2-1-5-20-17(14)22/h2-9,11H,10H2,1H3;1-8,10H,9H2,(H,23,24). The zero-order valence-corrected chi connectivity index (χ0v) is 27.4. The van der Waals surface area contributed by atoms with E-state index >= 15 is 0 Å². The van der Waals surface area contributed by atoms with Gasteiger partial charge in [0.25, 0.3) is 0 Å². The number of esters is 1. The zero-order valence-electron chi connectivity index (χ0n) is 25.9. The Morgan fingerprint density at radius 2 is 1.18 bits per heavy atom. The molecule has 1 N–H and O–H groups in total. The fourth-order valence-electron chi connectivity index (χ4n) is 5.83. The Hall–Kier alpha value is -5.84. The maximum absolute atomic E-state index is 12.0. The van der Waals surface area contributed by atoms with Gasteiger partial charge in [-0.25, -0.2) is 19.6 Å². The van der Waals surface area contributed by atoms with Gasteiger partial charge in [0.1, 0.15) is 11.3 Å². The summed E-state index contributed by atoms with van der Waals surface area (Å²) in [6, 6.07) is 22.9. The molecule has 0 atom stereocenters. The summed E-state index contributed by atoms with van der Waals surface area (Å²) in [6.45, 7) is 1.09. The number of aromatic nitrogens is 6.